The first-order chi connectivity index (χ1) is 7.51. The number of carboxylic acid groups (broad SMARTS) is 1. The summed E-state index contributed by atoms with van der Waals surface area (Å²) in [6.45, 7) is -0.105. The number of halogens is 2. The van der Waals surface area contributed by atoms with Crippen molar-refractivity contribution in [2.24, 2.45) is 5.73 Å². The van der Waals surface area contributed by atoms with E-state index in [0.29, 0.717) is 0 Å². The SMILES string of the molecule is COc1c(CN)cc(C(F)F)nc1C(=O)O. The number of pyridine rings is 1. The van der Waals surface area contributed by atoms with E-state index in [1.807, 2.05) is 0 Å². The van der Waals surface area contributed by atoms with Crippen molar-refractivity contribution in [1.29, 1.82) is 0 Å². The van der Waals surface area contributed by atoms with Crippen molar-refractivity contribution in [1.82, 2.24) is 4.98 Å². The highest BCUT2D eigenvalue weighted by Gasteiger charge is 2.21. The Hall–Kier alpha value is -1.76. The predicted molar refractivity (Wildman–Crippen MR) is 50.6 cm³/mol. The van der Waals surface area contributed by atoms with Gasteiger partial charge in [0.2, 0.25) is 0 Å². The third-order valence-corrected chi connectivity index (χ3v) is 1.92. The van der Waals surface area contributed by atoms with Gasteiger partial charge < -0.3 is 15.6 Å². The smallest absolute Gasteiger partial charge is 0.358 e. The van der Waals surface area contributed by atoms with E-state index < -0.39 is 23.8 Å². The normalized spacial score (nSPS) is 10.6. The van der Waals surface area contributed by atoms with Gasteiger partial charge in [0.25, 0.3) is 6.43 Å². The van der Waals surface area contributed by atoms with Crippen LogP contribution in [0.25, 0.3) is 0 Å². The minimum atomic E-state index is -2.85. The molecule has 0 unspecified atom stereocenters. The first kappa shape index (κ1) is 12.3. The van der Waals surface area contributed by atoms with Crippen molar-refractivity contribution in [3.63, 3.8) is 0 Å². The number of nitrogens with two attached hydrogens (primary N) is 1. The molecule has 0 atom stereocenters. The first-order valence-electron chi connectivity index (χ1n) is 4.30. The maximum atomic E-state index is 12.4. The topological polar surface area (TPSA) is 85.4 Å². The van der Waals surface area contributed by atoms with Crippen molar-refractivity contribution in [2.45, 2.75) is 13.0 Å². The molecule has 0 fully saturated rings. The molecule has 3 N–H and O–H groups in total. The van der Waals surface area contributed by atoms with E-state index in [1.54, 1.807) is 0 Å². The molecule has 0 spiro atoms. The quantitative estimate of drug-likeness (QED) is 0.814. The predicted octanol–water partition coefficient (Wildman–Crippen LogP) is 1.18. The highest BCUT2D eigenvalue weighted by molar-refractivity contribution is 5.89. The summed E-state index contributed by atoms with van der Waals surface area (Å²) in [5.74, 6) is -1.52. The number of nitrogens with zero attached hydrogens (tertiary/aromatic N) is 1. The Morgan fingerprint density at radius 2 is 2.31 bits per heavy atom. The highest BCUT2D eigenvalue weighted by atomic mass is 19.3. The van der Waals surface area contributed by atoms with Crippen LogP contribution in [0, 0.1) is 0 Å². The molecule has 0 aliphatic carbocycles. The zero-order valence-electron chi connectivity index (χ0n) is 8.41. The van der Waals surface area contributed by atoms with Crippen molar-refractivity contribution in [3.8, 4) is 5.75 Å². The van der Waals surface area contributed by atoms with Crippen LogP contribution in [0.2, 0.25) is 0 Å². The van der Waals surface area contributed by atoms with Gasteiger partial charge in [0, 0.05) is 12.1 Å². The van der Waals surface area contributed by atoms with E-state index in [1.165, 1.54) is 7.11 Å². The Balaban J connectivity index is 3.43. The lowest BCUT2D eigenvalue weighted by atomic mass is 10.1. The van der Waals surface area contributed by atoms with Crippen molar-refractivity contribution in [3.05, 3.63) is 23.0 Å². The van der Waals surface area contributed by atoms with E-state index in [4.69, 9.17) is 15.6 Å². The molecule has 0 bridgehead atoms. The number of carbonyl (C=O) groups is 1. The second-order valence-corrected chi connectivity index (χ2v) is 2.90. The minimum absolute atomic E-state index is 0.0839. The summed E-state index contributed by atoms with van der Waals surface area (Å²) in [5, 5.41) is 8.79. The molecule has 0 aliphatic heterocycles. The summed E-state index contributed by atoms with van der Waals surface area (Å²) in [5.41, 5.74) is 4.32. The molecule has 1 heterocycles. The Kier molecular flexibility index (Phi) is 3.73. The number of aromatic carboxylic acids is 1. The molecule has 0 aromatic carbocycles. The van der Waals surface area contributed by atoms with E-state index in [2.05, 4.69) is 4.98 Å². The fourth-order valence-corrected chi connectivity index (χ4v) is 1.24. The molecular formula is C9H10F2N2O3. The molecule has 0 aliphatic rings. The number of methoxy groups -OCH3 is 1. The second-order valence-electron chi connectivity index (χ2n) is 2.90. The van der Waals surface area contributed by atoms with E-state index in [9.17, 15) is 13.6 Å². The molecule has 1 aromatic heterocycles. The van der Waals surface area contributed by atoms with Gasteiger partial charge >= 0.3 is 5.97 Å². The lowest BCUT2D eigenvalue weighted by Crippen LogP contribution is -2.11. The Labute approximate surface area is 89.9 Å². The van der Waals surface area contributed by atoms with Gasteiger partial charge in [0.05, 0.1) is 7.11 Å². The maximum Gasteiger partial charge on any atom is 0.358 e. The van der Waals surface area contributed by atoms with Gasteiger partial charge in [-0.15, -0.1) is 0 Å². The lowest BCUT2D eigenvalue weighted by molar-refractivity contribution is 0.0684. The van der Waals surface area contributed by atoms with Gasteiger partial charge in [-0.2, -0.15) is 0 Å². The standard InChI is InChI=1S/C9H10F2N2O3/c1-16-7-4(3-12)2-5(8(10)11)13-6(7)9(14)15/h2,8H,3,12H2,1H3,(H,14,15). The lowest BCUT2D eigenvalue weighted by Gasteiger charge is -2.11. The molecule has 0 saturated carbocycles. The van der Waals surface area contributed by atoms with Crippen LogP contribution in [0.15, 0.2) is 6.07 Å². The van der Waals surface area contributed by atoms with Crippen LogP contribution < -0.4 is 10.5 Å². The van der Waals surface area contributed by atoms with Crippen LogP contribution in [0.3, 0.4) is 0 Å². The molecule has 1 aromatic rings. The van der Waals surface area contributed by atoms with Gasteiger partial charge in [-0.1, -0.05) is 0 Å². The van der Waals surface area contributed by atoms with Crippen molar-refractivity contribution in [2.75, 3.05) is 7.11 Å². The fourth-order valence-electron chi connectivity index (χ4n) is 1.24. The molecule has 1 rings (SSSR count). The number of carboxylic acids is 1. The molecule has 0 saturated heterocycles. The highest BCUT2D eigenvalue weighted by Crippen LogP contribution is 2.27. The summed E-state index contributed by atoms with van der Waals surface area (Å²) >= 11 is 0. The summed E-state index contributed by atoms with van der Waals surface area (Å²) in [6.07, 6.45) is -2.85. The molecule has 7 heteroatoms. The zero-order chi connectivity index (χ0) is 12.3. The van der Waals surface area contributed by atoms with Crippen LogP contribution >= 0.6 is 0 Å². The molecule has 16 heavy (non-hydrogen) atoms. The first-order valence-corrected chi connectivity index (χ1v) is 4.30. The summed E-state index contributed by atoms with van der Waals surface area (Å²) in [4.78, 5) is 14.1. The number of rotatable bonds is 4. The summed E-state index contributed by atoms with van der Waals surface area (Å²) < 4.78 is 29.6. The number of aromatic nitrogens is 1. The van der Waals surface area contributed by atoms with Crippen LogP contribution in [0.5, 0.6) is 5.75 Å². The van der Waals surface area contributed by atoms with Crippen LogP contribution in [0.1, 0.15) is 28.2 Å². The van der Waals surface area contributed by atoms with E-state index >= 15 is 0 Å². The van der Waals surface area contributed by atoms with Crippen molar-refractivity contribution < 1.29 is 23.4 Å². The van der Waals surface area contributed by atoms with Gasteiger partial charge in [0.15, 0.2) is 11.4 Å². The second kappa shape index (κ2) is 4.84. The van der Waals surface area contributed by atoms with E-state index in [0.717, 1.165) is 6.07 Å². The zero-order valence-corrected chi connectivity index (χ0v) is 8.41. The Bertz CT molecular complexity index is 410. The number of ether oxygens (including phenoxy) is 1. The van der Waals surface area contributed by atoms with Crippen LogP contribution in [0.4, 0.5) is 8.78 Å². The van der Waals surface area contributed by atoms with E-state index in [-0.39, 0.29) is 17.9 Å². The van der Waals surface area contributed by atoms with Gasteiger partial charge in [-0.3, -0.25) is 0 Å². The number of hydrogen-bond donors (Lipinski definition) is 2. The summed E-state index contributed by atoms with van der Waals surface area (Å²) in [7, 11) is 1.23. The Morgan fingerprint density at radius 3 is 2.69 bits per heavy atom. The number of alkyl halides is 2. The van der Waals surface area contributed by atoms with Gasteiger partial charge in [0.1, 0.15) is 5.69 Å². The number of hydrogen-bond acceptors (Lipinski definition) is 4. The maximum absolute atomic E-state index is 12.4. The third-order valence-electron chi connectivity index (χ3n) is 1.92. The van der Waals surface area contributed by atoms with Gasteiger partial charge in [-0.05, 0) is 6.07 Å². The average molecular weight is 232 g/mol. The monoisotopic (exact) mass is 232 g/mol. The van der Waals surface area contributed by atoms with Crippen molar-refractivity contribution >= 4 is 5.97 Å². The fraction of sp³-hybridized carbons (Fsp3) is 0.333. The minimum Gasteiger partial charge on any atom is -0.494 e. The Morgan fingerprint density at radius 1 is 1.69 bits per heavy atom. The molecule has 5 nitrogen and oxygen atoms in total. The molecule has 88 valence electrons. The van der Waals surface area contributed by atoms with Crippen LogP contribution in [-0.2, 0) is 6.54 Å². The van der Waals surface area contributed by atoms with Crippen LogP contribution in [-0.4, -0.2) is 23.2 Å². The molecule has 0 amide bonds. The average Bonchev–Trinajstić information content (AvgIpc) is 2.26. The largest absolute Gasteiger partial charge is 0.494 e. The molecule has 0 radical (unpaired) electrons. The third kappa shape index (κ3) is 2.25. The summed E-state index contributed by atoms with van der Waals surface area (Å²) in [6, 6.07) is 1.04. The van der Waals surface area contributed by atoms with Gasteiger partial charge in [-0.25, -0.2) is 18.6 Å². The molecular weight excluding hydrogens is 222 g/mol.